The molecular formula is C25H36FN3O. The van der Waals surface area contributed by atoms with E-state index >= 15 is 0 Å². The van der Waals surface area contributed by atoms with E-state index < -0.39 is 0 Å². The van der Waals surface area contributed by atoms with E-state index in [0.29, 0.717) is 18.0 Å². The van der Waals surface area contributed by atoms with Crippen molar-refractivity contribution in [3.63, 3.8) is 0 Å². The first kappa shape index (κ1) is 21.3. The Balaban J connectivity index is 1.50. The van der Waals surface area contributed by atoms with Crippen LogP contribution in [-0.4, -0.2) is 29.3 Å². The molecule has 4 atom stereocenters. The second kappa shape index (κ2) is 7.97. The van der Waals surface area contributed by atoms with Gasteiger partial charge in [-0.25, -0.2) is 14.2 Å². The Labute approximate surface area is 180 Å². The molecule has 2 saturated carbocycles. The topological polar surface area (TPSA) is 44.7 Å². The lowest BCUT2D eigenvalue weighted by molar-refractivity contribution is 0.118. The number of hydrogen-bond acceptors (Lipinski definition) is 2. The number of hydrazone groups is 1. The van der Waals surface area contributed by atoms with Gasteiger partial charge in [0.05, 0.1) is 6.54 Å². The Hall–Kier alpha value is -1.91. The lowest BCUT2D eigenvalue weighted by Gasteiger charge is -2.39. The van der Waals surface area contributed by atoms with E-state index in [4.69, 9.17) is 5.10 Å². The van der Waals surface area contributed by atoms with Crippen LogP contribution in [0, 0.1) is 22.6 Å². The number of halogens is 1. The average molecular weight is 414 g/mol. The number of urea groups is 1. The van der Waals surface area contributed by atoms with Crippen LogP contribution >= 0.6 is 0 Å². The van der Waals surface area contributed by atoms with Crippen LogP contribution in [-0.2, 0) is 0 Å². The molecular weight excluding hydrogens is 377 g/mol. The fourth-order valence-electron chi connectivity index (χ4n) is 6.13. The van der Waals surface area contributed by atoms with Gasteiger partial charge in [-0.05, 0) is 60.5 Å². The van der Waals surface area contributed by atoms with E-state index in [0.717, 1.165) is 37.8 Å². The SMILES string of the molecule is CCCCCC1=NN(C(=O)N[C@H]2CC3CCC2(C)C3(C)C)CC1c1ccccc1F. The fraction of sp³-hybridized carbons (Fsp3) is 0.680. The molecule has 3 unspecified atom stereocenters. The Bertz CT molecular complexity index is 835. The van der Waals surface area contributed by atoms with E-state index in [2.05, 4.69) is 33.0 Å². The fourth-order valence-corrected chi connectivity index (χ4v) is 6.13. The predicted octanol–water partition coefficient (Wildman–Crippen LogP) is 6.09. The average Bonchev–Trinajstić information content (AvgIpc) is 3.28. The normalized spacial score (nSPS) is 31.8. The molecule has 2 aliphatic carbocycles. The van der Waals surface area contributed by atoms with Gasteiger partial charge in [0.15, 0.2) is 0 Å². The predicted molar refractivity (Wildman–Crippen MR) is 119 cm³/mol. The number of carbonyl (C=O) groups excluding carboxylic acids is 1. The highest BCUT2D eigenvalue weighted by atomic mass is 19.1. The first-order valence-corrected chi connectivity index (χ1v) is 11.7. The molecule has 0 radical (unpaired) electrons. The zero-order valence-electron chi connectivity index (χ0n) is 18.9. The summed E-state index contributed by atoms with van der Waals surface area (Å²) in [6, 6.07) is 6.96. The monoisotopic (exact) mass is 413 g/mol. The van der Waals surface area contributed by atoms with Gasteiger partial charge in [0.1, 0.15) is 5.82 Å². The molecule has 2 fully saturated rings. The summed E-state index contributed by atoms with van der Waals surface area (Å²) in [5, 5.41) is 9.56. The van der Waals surface area contributed by atoms with Gasteiger partial charge < -0.3 is 5.32 Å². The zero-order valence-corrected chi connectivity index (χ0v) is 18.9. The number of nitrogens with zero attached hydrogens (tertiary/aromatic N) is 2. The van der Waals surface area contributed by atoms with Crippen LogP contribution in [0.2, 0.25) is 0 Å². The molecule has 1 aliphatic heterocycles. The standard InChI is InChI=1S/C25H36FN3O/c1-5-6-7-12-21-19(18-10-8-9-11-20(18)26)16-29(28-21)23(30)27-22-15-17-13-14-25(22,4)24(17,2)3/h8-11,17,19,22H,5-7,12-16H2,1-4H3,(H,27,30)/t17?,19?,22-,25?/m0/s1. The summed E-state index contributed by atoms with van der Waals surface area (Å²) in [6.45, 7) is 9.62. The minimum absolute atomic E-state index is 0.128. The number of carbonyl (C=O) groups is 1. The summed E-state index contributed by atoms with van der Waals surface area (Å²) in [4.78, 5) is 13.2. The molecule has 1 aromatic rings. The van der Waals surface area contributed by atoms with Crippen molar-refractivity contribution in [3.05, 3.63) is 35.6 Å². The van der Waals surface area contributed by atoms with Gasteiger partial charge in [-0.2, -0.15) is 5.10 Å². The van der Waals surface area contributed by atoms with Crippen molar-refractivity contribution in [1.29, 1.82) is 0 Å². The molecule has 1 N–H and O–H groups in total. The van der Waals surface area contributed by atoms with Crippen molar-refractivity contribution >= 4 is 11.7 Å². The molecule has 5 heteroatoms. The van der Waals surface area contributed by atoms with Gasteiger partial charge >= 0.3 is 6.03 Å². The van der Waals surface area contributed by atoms with Gasteiger partial charge in [0.2, 0.25) is 0 Å². The van der Waals surface area contributed by atoms with E-state index in [-0.39, 0.29) is 34.6 Å². The second-order valence-electron chi connectivity index (χ2n) is 10.3. The molecule has 2 amide bonds. The van der Waals surface area contributed by atoms with Crippen LogP contribution in [0.25, 0.3) is 0 Å². The molecule has 0 saturated heterocycles. The molecule has 30 heavy (non-hydrogen) atoms. The van der Waals surface area contributed by atoms with Crippen LogP contribution in [0.3, 0.4) is 0 Å². The number of unbranched alkanes of at least 4 members (excludes halogenated alkanes) is 2. The van der Waals surface area contributed by atoms with Crippen molar-refractivity contribution in [3.8, 4) is 0 Å². The van der Waals surface area contributed by atoms with Crippen LogP contribution < -0.4 is 5.32 Å². The largest absolute Gasteiger partial charge is 0.338 e. The highest BCUT2D eigenvalue weighted by molar-refractivity contribution is 5.94. The number of rotatable bonds is 6. The molecule has 4 rings (SSSR count). The summed E-state index contributed by atoms with van der Waals surface area (Å²) >= 11 is 0. The van der Waals surface area contributed by atoms with Gasteiger partial charge in [-0.3, -0.25) is 0 Å². The number of benzene rings is 1. The summed E-state index contributed by atoms with van der Waals surface area (Å²) in [7, 11) is 0. The van der Waals surface area contributed by atoms with Gasteiger partial charge in [-0.1, -0.05) is 58.7 Å². The maximum atomic E-state index is 14.5. The molecule has 3 aliphatic rings. The van der Waals surface area contributed by atoms with Crippen LogP contribution in [0.4, 0.5) is 9.18 Å². The number of fused-ring (bicyclic) bond motifs is 2. The van der Waals surface area contributed by atoms with Gasteiger partial charge in [-0.15, -0.1) is 0 Å². The summed E-state index contributed by atoms with van der Waals surface area (Å²) in [6.07, 6.45) is 7.55. The first-order chi connectivity index (χ1) is 14.3. The van der Waals surface area contributed by atoms with Gasteiger partial charge in [0.25, 0.3) is 0 Å². The lowest BCUT2D eigenvalue weighted by atomic mass is 9.69. The summed E-state index contributed by atoms with van der Waals surface area (Å²) < 4.78 is 14.5. The molecule has 0 aromatic heterocycles. The highest BCUT2D eigenvalue weighted by Crippen LogP contribution is 2.65. The third kappa shape index (κ3) is 3.44. The Kier molecular flexibility index (Phi) is 5.67. The van der Waals surface area contributed by atoms with Crippen LogP contribution in [0.5, 0.6) is 0 Å². The maximum Gasteiger partial charge on any atom is 0.338 e. The first-order valence-electron chi connectivity index (χ1n) is 11.7. The minimum Gasteiger partial charge on any atom is -0.333 e. The van der Waals surface area contributed by atoms with E-state index in [1.54, 1.807) is 11.1 Å². The Morgan fingerprint density at radius 2 is 2.03 bits per heavy atom. The minimum atomic E-state index is -0.213. The maximum absolute atomic E-state index is 14.5. The van der Waals surface area contributed by atoms with Crippen molar-refractivity contribution in [2.75, 3.05) is 6.54 Å². The van der Waals surface area contributed by atoms with E-state index in [1.807, 2.05) is 12.1 Å². The third-order valence-electron chi connectivity index (χ3n) is 8.65. The molecule has 1 aromatic carbocycles. The summed E-state index contributed by atoms with van der Waals surface area (Å²) in [5.41, 5.74) is 1.96. The quantitative estimate of drug-likeness (QED) is 0.564. The Morgan fingerprint density at radius 3 is 2.67 bits per heavy atom. The van der Waals surface area contributed by atoms with Crippen LogP contribution in [0.1, 0.15) is 84.1 Å². The molecule has 0 spiro atoms. The smallest absolute Gasteiger partial charge is 0.333 e. The van der Waals surface area contributed by atoms with Gasteiger partial charge in [0, 0.05) is 17.7 Å². The number of hydrogen-bond donors (Lipinski definition) is 1. The molecule has 4 nitrogen and oxygen atoms in total. The Morgan fingerprint density at radius 1 is 1.27 bits per heavy atom. The summed E-state index contributed by atoms with van der Waals surface area (Å²) in [5.74, 6) is 0.307. The highest BCUT2D eigenvalue weighted by Gasteiger charge is 2.61. The third-order valence-corrected chi connectivity index (χ3v) is 8.65. The van der Waals surface area contributed by atoms with Crippen molar-refractivity contribution in [1.82, 2.24) is 10.3 Å². The second-order valence-corrected chi connectivity index (χ2v) is 10.3. The molecule has 2 bridgehead atoms. The van der Waals surface area contributed by atoms with Crippen molar-refractivity contribution in [2.45, 2.75) is 84.6 Å². The lowest BCUT2D eigenvalue weighted by Crippen LogP contribution is -2.50. The zero-order chi connectivity index (χ0) is 21.5. The van der Waals surface area contributed by atoms with Crippen molar-refractivity contribution in [2.24, 2.45) is 21.8 Å². The number of nitrogens with one attached hydrogen (secondary N) is 1. The van der Waals surface area contributed by atoms with E-state index in [1.165, 1.54) is 18.9 Å². The molecule has 1 heterocycles. The molecule has 164 valence electrons. The van der Waals surface area contributed by atoms with E-state index in [9.17, 15) is 9.18 Å². The number of amides is 2. The van der Waals surface area contributed by atoms with Crippen LogP contribution in [0.15, 0.2) is 29.4 Å². The van der Waals surface area contributed by atoms with Crippen molar-refractivity contribution < 1.29 is 9.18 Å².